The van der Waals surface area contributed by atoms with Crippen LogP contribution in [0.15, 0.2) is 23.0 Å². The molecule has 2 N–H and O–H groups in total. The molecule has 0 aliphatic heterocycles. The molecule has 6 nitrogen and oxygen atoms in total. The molecule has 0 spiro atoms. The third kappa shape index (κ3) is 2.27. The van der Waals surface area contributed by atoms with E-state index in [0.717, 1.165) is 31.2 Å². The summed E-state index contributed by atoms with van der Waals surface area (Å²) in [5.74, 6) is 1.07. The maximum Gasteiger partial charge on any atom is 0.259 e. The number of nitrogens with zero attached hydrogens (tertiary/aromatic N) is 3. The van der Waals surface area contributed by atoms with Gasteiger partial charge in [-0.1, -0.05) is 5.16 Å². The SMILES string of the molecule is CCOC1(c2noc(-c3cncc(N)c3)n2)CCCC1. The summed E-state index contributed by atoms with van der Waals surface area (Å²) in [5.41, 5.74) is 6.64. The minimum Gasteiger partial charge on any atom is -0.397 e. The van der Waals surface area contributed by atoms with Crippen LogP contribution in [0.4, 0.5) is 5.69 Å². The molecule has 2 aromatic heterocycles. The van der Waals surface area contributed by atoms with Crippen LogP contribution in [-0.4, -0.2) is 21.7 Å². The maximum absolute atomic E-state index is 5.92. The molecule has 0 amide bonds. The highest BCUT2D eigenvalue weighted by Crippen LogP contribution is 2.41. The molecule has 0 radical (unpaired) electrons. The third-order valence-corrected chi connectivity index (χ3v) is 3.67. The largest absolute Gasteiger partial charge is 0.397 e. The molecule has 1 aliphatic carbocycles. The number of nitrogen functional groups attached to an aromatic ring is 1. The van der Waals surface area contributed by atoms with Gasteiger partial charge in [0.25, 0.3) is 5.89 Å². The fourth-order valence-corrected chi connectivity index (χ4v) is 2.76. The van der Waals surface area contributed by atoms with Crippen molar-refractivity contribution in [2.24, 2.45) is 0 Å². The Labute approximate surface area is 117 Å². The molecule has 0 atom stereocenters. The second kappa shape index (κ2) is 5.20. The van der Waals surface area contributed by atoms with Gasteiger partial charge in [0.15, 0.2) is 0 Å². The molecule has 20 heavy (non-hydrogen) atoms. The van der Waals surface area contributed by atoms with E-state index in [2.05, 4.69) is 15.1 Å². The number of hydrogen-bond donors (Lipinski definition) is 1. The van der Waals surface area contributed by atoms with E-state index in [0.29, 0.717) is 24.0 Å². The zero-order valence-electron chi connectivity index (χ0n) is 11.5. The monoisotopic (exact) mass is 274 g/mol. The van der Waals surface area contributed by atoms with Crippen molar-refractivity contribution in [2.45, 2.75) is 38.2 Å². The number of rotatable bonds is 4. The smallest absolute Gasteiger partial charge is 0.259 e. The topological polar surface area (TPSA) is 87.1 Å². The number of nitrogens with two attached hydrogens (primary N) is 1. The lowest BCUT2D eigenvalue weighted by atomic mass is 10.0. The molecule has 0 saturated heterocycles. The molecule has 6 heteroatoms. The van der Waals surface area contributed by atoms with E-state index in [1.165, 1.54) is 0 Å². The molecule has 0 aromatic carbocycles. The number of anilines is 1. The van der Waals surface area contributed by atoms with Crippen molar-refractivity contribution in [3.63, 3.8) is 0 Å². The number of ether oxygens (including phenoxy) is 1. The zero-order valence-corrected chi connectivity index (χ0v) is 11.5. The Kier molecular flexibility index (Phi) is 3.40. The first-order chi connectivity index (χ1) is 9.73. The third-order valence-electron chi connectivity index (χ3n) is 3.67. The summed E-state index contributed by atoms with van der Waals surface area (Å²) in [4.78, 5) is 8.53. The van der Waals surface area contributed by atoms with E-state index in [4.69, 9.17) is 15.0 Å². The van der Waals surface area contributed by atoms with E-state index in [9.17, 15) is 0 Å². The Morgan fingerprint density at radius 3 is 2.85 bits per heavy atom. The quantitative estimate of drug-likeness (QED) is 0.921. The molecule has 1 aliphatic rings. The van der Waals surface area contributed by atoms with E-state index >= 15 is 0 Å². The minimum absolute atomic E-state index is 0.385. The summed E-state index contributed by atoms with van der Waals surface area (Å²) >= 11 is 0. The summed E-state index contributed by atoms with van der Waals surface area (Å²) in [6, 6.07) is 1.77. The van der Waals surface area contributed by atoms with Crippen molar-refractivity contribution in [1.82, 2.24) is 15.1 Å². The van der Waals surface area contributed by atoms with Gasteiger partial charge in [-0.3, -0.25) is 4.98 Å². The highest BCUT2D eigenvalue weighted by Gasteiger charge is 2.40. The Morgan fingerprint density at radius 2 is 2.15 bits per heavy atom. The van der Waals surface area contributed by atoms with Gasteiger partial charge in [0.1, 0.15) is 5.60 Å². The standard InChI is InChI=1S/C14H18N4O2/c1-2-19-14(5-3-4-6-14)13-17-12(20-18-13)10-7-11(15)9-16-8-10/h7-9H,2-6,15H2,1H3. The van der Waals surface area contributed by atoms with Crippen molar-refractivity contribution in [2.75, 3.05) is 12.3 Å². The lowest BCUT2D eigenvalue weighted by Crippen LogP contribution is -2.27. The second-order valence-electron chi connectivity index (χ2n) is 5.06. The molecule has 1 fully saturated rings. The molecule has 3 rings (SSSR count). The lowest BCUT2D eigenvalue weighted by molar-refractivity contribution is -0.0469. The van der Waals surface area contributed by atoms with Gasteiger partial charge in [-0.2, -0.15) is 4.98 Å². The fraction of sp³-hybridized carbons (Fsp3) is 0.500. The molecular weight excluding hydrogens is 256 g/mol. The van der Waals surface area contributed by atoms with Gasteiger partial charge < -0.3 is 15.0 Å². The normalized spacial score (nSPS) is 17.4. The lowest BCUT2D eigenvalue weighted by Gasteiger charge is -2.24. The fourth-order valence-electron chi connectivity index (χ4n) is 2.76. The molecule has 1 saturated carbocycles. The number of hydrogen-bond acceptors (Lipinski definition) is 6. The molecular formula is C14H18N4O2. The van der Waals surface area contributed by atoms with Gasteiger partial charge in [-0.15, -0.1) is 0 Å². The Balaban J connectivity index is 1.93. The van der Waals surface area contributed by atoms with Gasteiger partial charge in [0.05, 0.1) is 11.3 Å². The van der Waals surface area contributed by atoms with Crippen molar-refractivity contribution in [1.29, 1.82) is 0 Å². The van der Waals surface area contributed by atoms with Crippen LogP contribution in [0.3, 0.4) is 0 Å². The van der Waals surface area contributed by atoms with Gasteiger partial charge in [-0.05, 0) is 38.7 Å². The van der Waals surface area contributed by atoms with Crippen LogP contribution in [0.1, 0.15) is 38.4 Å². The van der Waals surface area contributed by atoms with E-state index in [1.807, 2.05) is 6.92 Å². The summed E-state index contributed by atoms with van der Waals surface area (Å²) in [6.07, 6.45) is 7.38. The molecule has 2 aromatic rings. The van der Waals surface area contributed by atoms with Gasteiger partial charge in [-0.25, -0.2) is 0 Å². The van der Waals surface area contributed by atoms with Gasteiger partial charge in [0, 0.05) is 19.0 Å². The molecule has 0 bridgehead atoms. The summed E-state index contributed by atoms with van der Waals surface area (Å²) in [5, 5.41) is 4.12. The predicted octanol–water partition coefficient (Wildman–Crippen LogP) is 2.52. The average Bonchev–Trinajstić information content (AvgIpc) is 3.08. The van der Waals surface area contributed by atoms with Crippen LogP contribution in [0.2, 0.25) is 0 Å². The predicted molar refractivity (Wildman–Crippen MR) is 73.7 cm³/mol. The Bertz CT molecular complexity index is 590. The summed E-state index contributed by atoms with van der Waals surface area (Å²) in [6.45, 7) is 2.63. The van der Waals surface area contributed by atoms with Crippen molar-refractivity contribution < 1.29 is 9.26 Å². The molecule has 0 unspecified atom stereocenters. The first-order valence-electron chi connectivity index (χ1n) is 6.92. The van der Waals surface area contributed by atoms with Crippen LogP contribution in [-0.2, 0) is 10.3 Å². The second-order valence-corrected chi connectivity index (χ2v) is 5.06. The first kappa shape index (κ1) is 13.1. The highest BCUT2D eigenvalue weighted by atomic mass is 16.5. The Hall–Kier alpha value is -1.95. The van der Waals surface area contributed by atoms with Crippen LogP contribution in [0, 0.1) is 0 Å². The van der Waals surface area contributed by atoms with Crippen molar-refractivity contribution in [3.05, 3.63) is 24.3 Å². The van der Waals surface area contributed by atoms with E-state index in [-0.39, 0.29) is 5.60 Å². The van der Waals surface area contributed by atoms with Crippen molar-refractivity contribution in [3.8, 4) is 11.5 Å². The minimum atomic E-state index is -0.385. The number of aromatic nitrogens is 3. The Morgan fingerprint density at radius 1 is 1.35 bits per heavy atom. The van der Waals surface area contributed by atoms with E-state index < -0.39 is 0 Å². The van der Waals surface area contributed by atoms with Crippen LogP contribution >= 0.6 is 0 Å². The first-order valence-corrected chi connectivity index (χ1v) is 6.92. The highest BCUT2D eigenvalue weighted by molar-refractivity contribution is 5.57. The van der Waals surface area contributed by atoms with E-state index in [1.54, 1.807) is 18.5 Å². The van der Waals surface area contributed by atoms with Crippen LogP contribution < -0.4 is 5.73 Å². The van der Waals surface area contributed by atoms with Crippen LogP contribution in [0.5, 0.6) is 0 Å². The maximum atomic E-state index is 5.92. The average molecular weight is 274 g/mol. The zero-order chi connectivity index (χ0) is 14.0. The van der Waals surface area contributed by atoms with Crippen molar-refractivity contribution >= 4 is 5.69 Å². The van der Waals surface area contributed by atoms with Gasteiger partial charge >= 0.3 is 0 Å². The number of pyridine rings is 1. The van der Waals surface area contributed by atoms with Gasteiger partial charge in [0.2, 0.25) is 5.82 Å². The summed E-state index contributed by atoms with van der Waals surface area (Å²) < 4.78 is 11.3. The summed E-state index contributed by atoms with van der Waals surface area (Å²) in [7, 11) is 0. The molecule has 106 valence electrons. The van der Waals surface area contributed by atoms with Crippen LogP contribution in [0.25, 0.3) is 11.5 Å². The molecule has 2 heterocycles.